The van der Waals surface area contributed by atoms with Crippen LogP contribution >= 0.6 is 11.6 Å². The number of benzene rings is 1. The monoisotopic (exact) mass is 277 g/mol. The van der Waals surface area contributed by atoms with E-state index in [9.17, 15) is 4.79 Å². The maximum atomic E-state index is 11.3. The Morgan fingerprint density at radius 2 is 2.05 bits per heavy atom. The molecule has 0 amide bonds. The number of hydrogen-bond acceptors (Lipinski definition) is 5. The average molecular weight is 278 g/mol. The van der Waals surface area contributed by atoms with Gasteiger partial charge in [-0.3, -0.25) is 0 Å². The van der Waals surface area contributed by atoms with Gasteiger partial charge in [0.25, 0.3) is 0 Å². The van der Waals surface area contributed by atoms with E-state index in [0.717, 1.165) is 5.56 Å². The summed E-state index contributed by atoms with van der Waals surface area (Å²) >= 11 is 5.76. The third kappa shape index (κ3) is 3.66. The highest BCUT2D eigenvalue weighted by Gasteiger charge is 2.04. The molecule has 2 aromatic rings. The van der Waals surface area contributed by atoms with Gasteiger partial charge >= 0.3 is 5.97 Å². The van der Waals surface area contributed by atoms with Gasteiger partial charge in [-0.25, -0.2) is 14.8 Å². The molecule has 0 aliphatic carbocycles. The van der Waals surface area contributed by atoms with Crippen LogP contribution in [-0.4, -0.2) is 23.0 Å². The van der Waals surface area contributed by atoms with Crippen molar-refractivity contribution in [2.75, 3.05) is 12.4 Å². The standard InChI is InChI=1S/C13H12ClN3O2/c1-19-12(18)10-4-2-9(3-5-10)8-16-13-15-7-6-11(14)17-13/h2-7H,8H2,1H3,(H,15,16,17). The van der Waals surface area contributed by atoms with Crippen LogP contribution in [0.5, 0.6) is 0 Å². The molecule has 2 rings (SSSR count). The van der Waals surface area contributed by atoms with Crippen LogP contribution < -0.4 is 5.32 Å². The van der Waals surface area contributed by atoms with Crippen LogP contribution in [0.1, 0.15) is 15.9 Å². The van der Waals surface area contributed by atoms with Crippen molar-refractivity contribution in [1.29, 1.82) is 0 Å². The summed E-state index contributed by atoms with van der Waals surface area (Å²) in [7, 11) is 1.36. The first kappa shape index (κ1) is 13.3. The van der Waals surface area contributed by atoms with Crippen LogP contribution in [0.3, 0.4) is 0 Å². The molecule has 98 valence electrons. The Morgan fingerprint density at radius 1 is 1.32 bits per heavy atom. The number of halogens is 1. The topological polar surface area (TPSA) is 64.1 Å². The van der Waals surface area contributed by atoms with Crippen LogP contribution in [0.4, 0.5) is 5.95 Å². The summed E-state index contributed by atoms with van der Waals surface area (Å²) in [5.41, 5.74) is 1.52. The van der Waals surface area contributed by atoms with E-state index in [-0.39, 0.29) is 5.97 Å². The Kier molecular flexibility index (Phi) is 4.30. The molecule has 19 heavy (non-hydrogen) atoms. The summed E-state index contributed by atoms with van der Waals surface area (Å²) in [6.45, 7) is 0.543. The number of hydrogen-bond donors (Lipinski definition) is 1. The van der Waals surface area contributed by atoms with E-state index >= 15 is 0 Å². The second kappa shape index (κ2) is 6.15. The molecule has 0 unspecified atom stereocenters. The van der Waals surface area contributed by atoms with E-state index in [2.05, 4.69) is 20.0 Å². The number of rotatable bonds is 4. The molecule has 0 saturated carbocycles. The van der Waals surface area contributed by atoms with E-state index in [1.807, 2.05) is 12.1 Å². The molecule has 0 bridgehead atoms. The summed E-state index contributed by atoms with van der Waals surface area (Å²) in [5, 5.41) is 3.43. The number of ether oxygens (including phenoxy) is 1. The normalized spacial score (nSPS) is 10.0. The second-order valence-corrected chi connectivity index (χ2v) is 4.13. The molecule has 1 heterocycles. The van der Waals surface area contributed by atoms with Gasteiger partial charge in [0.15, 0.2) is 0 Å². The number of nitrogens with one attached hydrogen (secondary N) is 1. The minimum atomic E-state index is -0.349. The first-order valence-corrected chi connectivity index (χ1v) is 5.96. The lowest BCUT2D eigenvalue weighted by Gasteiger charge is -2.05. The lowest BCUT2D eigenvalue weighted by atomic mass is 10.1. The van der Waals surface area contributed by atoms with E-state index < -0.39 is 0 Å². The maximum absolute atomic E-state index is 11.3. The molecule has 1 N–H and O–H groups in total. The molecule has 0 spiro atoms. The fourth-order valence-electron chi connectivity index (χ4n) is 1.48. The lowest BCUT2D eigenvalue weighted by molar-refractivity contribution is 0.0600. The van der Waals surface area contributed by atoms with Gasteiger partial charge in [-0.15, -0.1) is 0 Å². The zero-order valence-corrected chi connectivity index (χ0v) is 11.0. The smallest absolute Gasteiger partial charge is 0.337 e. The van der Waals surface area contributed by atoms with Crippen molar-refractivity contribution >= 4 is 23.5 Å². The maximum Gasteiger partial charge on any atom is 0.337 e. The van der Waals surface area contributed by atoms with Gasteiger partial charge in [-0.05, 0) is 23.8 Å². The van der Waals surface area contributed by atoms with Crippen LogP contribution in [0, 0.1) is 0 Å². The molecule has 0 aliphatic heterocycles. The third-order valence-corrected chi connectivity index (χ3v) is 2.66. The Balaban J connectivity index is 1.98. The first-order valence-electron chi connectivity index (χ1n) is 5.58. The van der Waals surface area contributed by atoms with Gasteiger partial charge in [-0.1, -0.05) is 23.7 Å². The SMILES string of the molecule is COC(=O)c1ccc(CNc2nccc(Cl)n2)cc1. The molecule has 1 aromatic heterocycles. The molecular weight excluding hydrogens is 266 g/mol. The van der Waals surface area contributed by atoms with Crippen molar-refractivity contribution in [1.82, 2.24) is 9.97 Å². The Labute approximate surface area is 115 Å². The second-order valence-electron chi connectivity index (χ2n) is 3.75. The van der Waals surface area contributed by atoms with Crippen molar-refractivity contribution < 1.29 is 9.53 Å². The molecule has 0 aliphatic rings. The highest BCUT2D eigenvalue weighted by Crippen LogP contribution is 2.09. The zero-order valence-electron chi connectivity index (χ0n) is 10.3. The first-order chi connectivity index (χ1) is 9.19. The van der Waals surface area contributed by atoms with Crippen molar-refractivity contribution in [2.45, 2.75) is 6.54 Å². The number of carbonyl (C=O) groups is 1. The number of aromatic nitrogens is 2. The van der Waals surface area contributed by atoms with Crippen LogP contribution in [0.2, 0.25) is 5.15 Å². The number of nitrogens with zero attached hydrogens (tertiary/aromatic N) is 2. The zero-order chi connectivity index (χ0) is 13.7. The van der Waals surface area contributed by atoms with Gasteiger partial charge in [0, 0.05) is 12.7 Å². The van der Waals surface area contributed by atoms with Crippen LogP contribution in [0.15, 0.2) is 36.5 Å². The van der Waals surface area contributed by atoms with Gasteiger partial charge < -0.3 is 10.1 Å². The molecule has 6 heteroatoms. The van der Waals surface area contributed by atoms with E-state index in [1.165, 1.54) is 7.11 Å². The third-order valence-electron chi connectivity index (χ3n) is 2.45. The van der Waals surface area contributed by atoms with Gasteiger partial charge in [0.2, 0.25) is 5.95 Å². The number of methoxy groups -OCH3 is 1. The fourth-order valence-corrected chi connectivity index (χ4v) is 1.62. The number of carbonyl (C=O) groups excluding carboxylic acids is 1. The summed E-state index contributed by atoms with van der Waals surface area (Å²) in [6, 6.07) is 8.70. The fraction of sp³-hybridized carbons (Fsp3) is 0.154. The highest BCUT2D eigenvalue weighted by molar-refractivity contribution is 6.29. The van der Waals surface area contributed by atoms with E-state index in [1.54, 1.807) is 24.4 Å². The van der Waals surface area contributed by atoms with Gasteiger partial charge in [-0.2, -0.15) is 0 Å². The number of anilines is 1. The minimum Gasteiger partial charge on any atom is -0.465 e. The summed E-state index contributed by atoms with van der Waals surface area (Å²) in [6.07, 6.45) is 1.58. The molecule has 5 nitrogen and oxygen atoms in total. The van der Waals surface area contributed by atoms with Crippen molar-refractivity contribution in [3.8, 4) is 0 Å². The molecule has 0 saturated heterocycles. The highest BCUT2D eigenvalue weighted by atomic mass is 35.5. The molecular formula is C13H12ClN3O2. The largest absolute Gasteiger partial charge is 0.465 e. The van der Waals surface area contributed by atoms with Crippen molar-refractivity contribution in [2.24, 2.45) is 0 Å². The van der Waals surface area contributed by atoms with E-state index in [4.69, 9.17) is 11.6 Å². The van der Waals surface area contributed by atoms with Crippen LogP contribution in [-0.2, 0) is 11.3 Å². The summed E-state index contributed by atoms with van der Waals surface area (Å²) in [4.78, 5) is 19.3. The molecule has 0 fully saturated rings. The predicted octanol–water partition coefficient (Wildman–Crippen LogP) is 2.53. The molecule has 0 radical (unpaired) electrons. The Hall–Kier alpha value is -2.14. The summed E-state index contributed by atoms with van der Waals surface area (Å²) < 4.78 is 4.63. The van der Waals surface area contributed by atoms with E-state index in [0.29, 0.717) is 23.2 Å². The Bertz CT molecular complexity index is 572. The molecule has 1 aromatic carbocycles. The quantitative estimate of drug-likeness (QED) is 0.687. The lowest BCUT2D eigenvalue weighted by Crippen LogP contribution is -2.04. The molecule has 0 atom stereocenters. The summed E-state index contributed by atoms with van der Waals surface area (Å²) in [5.74, 6) is 0.113. The van der Waals surface area contributed by atoms with Crippen molar-refractivity contribution in [3.05, 3.63) is 52.8 Å². The van der Waals surface area contributed by atoms with Gasteiger partial charge in [0.05, 0.1) is 12.7 Å². The van der Waals surface area contributed by atoms with Crippen LogP contribution in [0.25, 0.3) is 0 Å². The van der Waals surface area contributed by atoms with Gasteiger partial charge in [0.1, 0.15) is 5.15 Å². The average Bonchev–Trinajstić information content (AvgIpc) is 2.45. The predicted molar refractivity (Wildman–Crippen MR) is 72.2 cm³/mol. The Morgan fingerprint density at radius 3 is 2.68 bits per heavy atom. The minimum absolute atomic E-state index is 0.349. The number of esters is 1. The van der Waals surface area contributed by atoms with Crippen molar-refractivity contribution in [3.63, 3.8) is 0 Å².